The zero-order valence-corrected chi connectivity index (χ0v) is 24.1. The SMILES string of the molecule is CCCCCOC1=C(OCC)CC=CC(N2CCCN(Cc3ccc(CCc4cnccn4)cc3OC)C2=O)=C1. The summed E-state index contributed by atoms with van der Waals surface area (Å²) in [5, 5.41) is 0. The smallest absolute Gasteiger partial charge is 0.324 e. The van der Waals surface area contributed by atoms with E-state index in [1.54, 1.807) is 25.7 Å². The van der Waals surface area contributed by atoms with Crippen LogP contribution in [0.2, 0.25) is 0 Å². The maximum atomic E-state index is 13.7. The van der Waals surface area contributed by atoms with Crippen molar-refractivity contribution in [2.45, 2.75) is 65.3 Å². The first-order valence-corrected chi connectivity index (χ1v) is 14.5. The molecule has 1 saturated heterocycles. The van der Waals surface area contributed by atoms with E-state index in [0.29, 0.717) is 39.3 Å². The van der Waals surface area contributed by atoms with Gasteiger partial charge in [-0.15, -0.1) is 0 Å². The third-order valence-corrected chi connectivity index (χ3v) is 7.09. The largest absolute Gasteiger partial charge is 0.496 e. The van der Waals surface area contributed by atoms with Gasteiger partial charge in [0.2, 0.25) is 0 Å². The summed E-state index contributed by atoms with van der Waals surface area (Å²) in [7, 11) is 1.68. The van der Waals surface area contributed by atoms with Gasteiger partial charge < -0.3 is 19.1 Å². The second-order valence-corrected chi connectivity index (χ2v) is 10.0. The van der Waals surface area contributed by atoms with E-state index in [4.69, 9.17) is 14.2 Å². The number of rotatable bonds is 14. The Labute approximate surface area is 238 Å². The van der Waals surface area contributed by atoms with Gasteiger partial charge in [0, 0.05) is 55.4 Å². The van der Waals surface area contributed by atoms with Crippen LogP contribution in [0.15, 0.2) is 72.2 Å². The lowest BCUT2D eigenvalue weighted by molar-refractivity contribution is 0.140. The fraction of sp³-hybridized carbons (Fsp3) is 0.469. The van der Waals surface area contributed by atoms with Gasteiger partial charge in [-0.2, -0.15) is 0 Å². The zero-order valence-electron chi connectivity index (χ0n) is 24.1. The third-order valence-electron chi connectivity index (χ3n) is 7.09. The minimum absolute atomic E-state index is 0.0128. The molecule has 1 aliphatic heterocycles. The number of nitrogens with zero attached hydrogens (tertiary/aromatic N) is 4. The average molecular weight is 547 g/mol. The minimum Gasteiger partial charge on any atom is -0.496 e. The van der Waals surface area contributed by atoms with Crippen molar-refractivity contribution < 1.29 is 19.0 Å². The topological polar surface area (TPSA) is 77.0 Å². The third kappa shape index (κ3) is 7.87. The molecule has 0 unspecified atom stereocenters. The van der Waals surface area contributed by atoms with Gasteiger partial charge in [0.25, 0.3) is 0 Å². The Morgan fingerprint density at radius 3 is 2.73 bits per heavy atom. The Morgan fingerprint density at radius 1 is 1.05 bits per heavy atom. The standard InChI is InChI=1S/C32H42N4O4/c1-4-6-7-20-40-31-22-28(10-8-11-29(31)39-5-2)36-19-9-18-35(32(36)37)24-26-14-12-25(21-30(26)38-3)13-15-27-23-33-16-17-34-27/h8,10,12,14,16-17,21-23H,4-7,9,11,13,15,18-20,24H2,1-3H3. The number of aromatic nitrogens is 2. The molecule has 8 heteroatoms. The van der Waals surface area contributed by atoms with Crippen molar-refractivity contribution in [1.29, 1.82) is 0 Å². The van der Waals surface area contributed by atoms with Crippen LogP contribution in [0.3, 0.4) is 0 Å². The van der Waals surface area contributed by atoms with Crippen molar-refractivity contribution >= 4 is 6.03 Å². The van der Waals surface area contributed by atoms with Crippen molar-refractivity contribution in [3.8, 4) is 5.75 Å². The number of urea groups is 1. The summed E-state index contributed by atoms with van der Waals surface area (Å²) >= 11 is 0. The molecule has 0 atom stereocenters. The summed E-state index contributed by atoms with van der Waals surface area (Å²) in [5.74, 6) is 2.33. The first kappa shape index (κ1) is 29.2. The van der Waals surface area contributed by atoms with Crippen LogP contribution in [-0.2, 0) is 28.9 Å². The Bertz CT molecular complexity index is 1210. The number of carbonyl (C=O) groups is 1. The first-order chi connectivity index (χ1) is 19.6. The summed E-state index contributed by atoms with van der Waals surface area (Å²) in [6.07, 6.45) is 17.6. The van der Waals surface area contributed by atoms with E-state index in [2.05, 4.69) is 35.1 Å². The maximum Gasteiger partial charge on any atom is 0.324 e. The van der Waals surface area contributed by atoms with Crippen molar-refractivity contribution in [2.24, 2.45) is 0 Å². The van der Waals surface area contributed by atoms with Gasteiger partial charge in [-0.3, -0.25) is 14.9 Å². The van der Waals surface area contributed by atoms with Gasteiger partial charge in [-0.05, 0) is 50.3 Å². The number of hydrogen-bond acceptors (Lipinski definition) is 6. The molecule has 0 radical (unpaired) electrons. The highest BCUT2D eigenvalue weighted by Gasteiger charge is 2.29. The fourth-order valence-corrected chi connectivity index (χ4v) is 4.96. The van der Waals surface area contributed by atoms with Crippen molar-refractivity contribution in [3.05, 3.63) is 89.1 Å². The molecule has 214 valence electrons. The summed E-state index contributed by atoms with van der Waals surface area (Å²) in [6.45, 7) is 7.22. The van der Waals surface area contributed by atoms with Gasteiger partial charge in [0.05, 0.1) is 32.6 Å². The Kier molecular flexibility index (Phi) is 11.0. The minimum atomic E-state index is -0.0128. The molecule has 8 nitrogen and oxygen atoms in total. The zero-order chi connectivity index (χ0) is 28.2. The van der Waals surface area contributed by atoms with Gasteiger partial charge in [-0.1, -0.05) is 38.0 Å². The molecule has 0 spiro atoms. The lowest BCUT2D eigenvalue weighted by atomic mass is 10.0. The molecule has 1 fully saturated rings. The molecule has 0 bridgehead atoms. The Balaban J connectivity index is 1.46. The Morgan fingerprint density at radius 2 is 1.95 bits per heavy atom. The summed E-state index contributed by atoms with van der Waals surface area (Å²) in [6, 6.07) is 6.23. The van der Waals surface area contributed by atoms with Gasteiger partial charge in [0.1, 0.15) is 11.5 Å². The van der Waals surface area contributed by atoms with E-state index in [1.165, 1.54) is 0 Å². The molecule has 2 aromatic rings. The number of benzene rings is 1. The molecule has 1 aromatic carbocycles. The van der Waals surface area contributed by atoms with Crippen LogP contribution in [0, 0.1) is 0 Å². The molecule has 0 saturated carbocycles. The highest BCUT2D eigenvalue weighted by atomic mass is 16.5. The molecule has 40 heavy (non-hydrogen) atoms. The second kappa shape index (κ2) is 15.1. The molecule has 2 aliphatic rings. The van der Waals surface area contributed by atoms with Gasteiger partial charge in [0.15, 0.2) is 5.76 Å². The Hall–Kier alpha value is -3.81. The normalized spacial score (nSPS) is 15.7. The number of carbonyl (C=O) groups excluding carboxylic acids is 1. The quantitative estimate of drug-likeness (QED) is 0.263. The average Bonchev–Trinajstić information content (AvgIpc) is 3.18. The van der Waals surface area contributed by atoms with E-state index in [9.17, 15) is 4.79 Å². The lowest BCUT2D eigenvalue weighted by Crippen LogP contribution is -2.48. The molecular formula is C32H42N4O4. The van der Waals surface area contributed by atoms with Gasteiger partial charge in [-0.25, -0.2) is 4.79 Å². The van der Waals surface area contributed by atoms with Crippen LogP contribution in [0.4, 0.5) is 4.79 Å². The molecule has 2 amide bonds. The summed E-state index contributed by atoms with van der Waals surface area (Å²) in [4.78, 5) is 26.0. The van der Waals surface area contributed by atoms with E-state index in [1.807, 2.05) is 35.0 Å². The predicted octanol–water partition coefficient (Wildman–Crippen LogP) is 6.20. The van der Waals surface area contributed by atoms with Crippen LogP contribution in [-0.4, -0.2) is 59.2 Å². The monoisotopic (exact) mass is 546 g/mol. The number of aryl methyl sites for hydroxylation is 2. The van der Waals surface area contributed by atoms with Crippen molar-refractivity contribution in [1.82, 2.24) is 19.8 Å². The lowest BCUT2D eigenvalue weighted by Gasteiger charge is -2.36. The van der Waals surface area contributed by atoms with E-state index in [-0.39, 0.29) is 6.03 Å². The van der Waals surface area contributed by atoms with E-state index >= 15 is 0 Å². The van der Waals surface area contributed by atoms with Gasteiger partial charge >= 0.3 is 6.03 Å². The van der Waals surface area contributed by atoms with Crippen LogP contribution in [0.5, 0.6) is 5.75 Å². The number of ether oxygens (including phenoxy) is 3. The van der Waals surface area contributed by atoms with Crippen LogP contribution in [0.25, 0.3) is 0 Å². The highest BCUT2D eigenvalue weighted by Crippen LogP contribution is 2.28. The van der Waals surface area contributed by atoms with Crippen LogP contribution in [0.1, 0.15) is 62.8 Å². The van der Waals surface area contributed by atoms with Crippen molar-refractivity contribution in [3.63, 3.8) is 0 Å². The number of unbranched alkanes of at least 4 members (excludes halogenated alkanes) is 2. The molecule has 1 aromatic heterocycles. The molecule has 4 rings (SSSR count). The number of allylic oxidation sites excluding steroid dienone is 3. The highest BCUT2D eigenvalue weighted by molar-refractivity contribution is 5.78. The fourth-order valence-electron chi connectivity index (χ4n) is 4.96. The van der Waals surface area contributed by atoms with E-state index < -0.39 is 0 Å². The molecule has 1 aliphatic carbocycles. The van der Waals surface area contributed by atoms with Crippen LogP contribution >= 0.6 is 0 Å². The predicted molar refractivity (Wildman–Crippen MR) is 156 cm³/mol. The maximum absolute atomic E-state index is 13.7. The number of methoxy groups -OCH3 is 1. The molecule has 0 N–H and O–H groups in total. The number of hydrogen-bond donors (Lipinski definition) is 0. The summed E-state index contributed by atoms with van der Waals surface area (Å²) < 4.78 is 17.8. The van der Waals surface area contributed by atoms with Crippen molar-refractivity contribution in [2.75, 3.05) is 33.4 Å². The van der Waals surface area contributed by atoms with Crippen LogP contribution < -0.4 is 4.74 Å². The van der Waals surface area contributed by atoms with E-state index in [0.717, 1.165) is 78.3 Å². The number of amides is 2. The molecule has 2 heterocycles. The molecular weight excluding hydrogens is 504 g/mol. The first-order valence-electron chi connectivity index (χ1n) is 14.5. The second-order valence-electron chi connectivity index (χ2n) is 10.0. The summed E-state index contributed by atoms with van der Waals surface area (Å²) in [5.41, 5.74) is 3.95.